The van der Waals surface area contributed by atoms with Crippen molar-refractivity contribution >= 4 is 29.0 Å². The highest BCUT2D eigenvalue weighted by molar-refractivity contribution is 5.89. The molecule has 0 radical (unpaired) electrons. The summed E-state index contributed by atoms with van der Waals surface area (Å²) in [5.74, 6) is 1.02. The van der Waals surface area contributed by atoms with Crippen LogP contribution >= 0.6 is 0 Å². The van der Waals surface area contributed by atoms with Crippen LogP contribution in [0.4, 0.5) is 23.1 Å². The van der Waals surface area contributed by atoms with Gasteiger partial charge in [0.2, 0.25) is 11.9 Å². The van der Waals surface area contributed by atoms with Crippen molar-refractivity contribution in [2.75, 3.05) is 16.0 Å². The number of nitrogens with one attached hydrogen (secondary N) is 3. The lowest BCUT2D eigenvalue weighted by molar-refractivity contribution is -0.114. The van der Waals surface area contributed by atoms with E-state index in [-0.39, 0.29) is 5.91 Å². The van der Waals surface area contributed by atoms with Gasteiger partial charge in [-0.2, -0.15) is 10.1 Å². The van der Waals surface area contributed by atoms with Gasteiger partial charge in [0.25, 0.3) is 0 Å². The van der Waals surface area contributed by atoms with E-state index in [1.165, 1.54) is 19.8 Å². The van der Waals surface area contributed by atoms with Crippen LogP contribution in [-0.4, -0.2) is 27.1 Å². The summed E-state index contributed by atoms with van der Waals surface area (Å²) in [6, 6.07) is 7.85. The van der Waals surface area contributed by atoms with Crippen molar-refractivity contribution in [2.45, 2.75) is 25.8 Å². The first-order valence-electron chi connectivity index (χ1n) is 6.80. The summed E-state index contributed by atoms with van der Waals surface area (Å²) >= 11 is 0. The molecule has 0 aliphatic heterocycles. The van der Waals surface area contributed by atoms with Gasteiger partial charge in [-0.25, -0.2) is 0 Å². The zero-order valence-electron chi connectivity index (χ0n) is 11.6. The summed E-state index contributed by atoms with van der Waals surface area (Å²) in [4.78, 5) is 15.4. The number of amides is 1. The van der Waals surface area contributed by atoms with Gasteiger partial charge < -0.3 is 16.0 Å². The fraction of sp³-hybridized carbons (Fsp3) is 0.286. The molecule has 1 fully saturated rings. The Labute approximate surface area is 122 Å². The molecule has 1 amide bonds. The molecule has 3 N–H and O–H groups in total. The number of benzene rings is 1. The highest BCUT2D eigenvalue weighted by atomic mass is 16.1. The van der Waals surface area contributed by atoms with Crippen molar-refractivity contribution in [3.8, 4) is 0 Å². The Bertz CT molecular complexity index is 655. The summed E-state index contributed by atoms with van der Waals surface area (Å²) < 4.78 is 0. The van der Waals surface area contributed by atoms with Gasteiger partial charge in [-0.1, -0.05) is 6.07 Å². The van der Waals surface area contributed by atoms with E-state index in [2.05, 4.69) is 31.1 Å². The topological polar surface area (TPSA) is 91.8 Å². The monoisotopic (exact) mass is 284 g/mol. The van der Waals surface area contributed by atoms with Gasteiger partial charge in [-0.3, -0.25) is 4.79 Å². The minimum Gasteiger partial charge on any atom is -0.366 e. The Balaban J connectivity index is 1.71. The molecule has 0 saturated heterocycles. The fourth-order valence-corrected chi connectivity index (χ4v) is 1.87. The zero-order valence-corrected chi connectivity index (χ0v) is 11.6. The molecule has 1 aromatic heterocycles. The van der Waals surface area contributed by atoms with E-state index >= 15 is 0 Å². The SMILES string of the molecule is CC(=O)Nc1cccc(Nc2nncc(NC3CC3)n2)c1. The van der Waals surface area contributed by atoms with Crippen molar-refractivity contribution in [2.24, 2.45) is 0 Å². The molecule has 108 valence electrons. The molecule has 3 rings (SSSR count). The van der Waals surface area contributed by atoms with Gasteiger partial charge in [0, 0.05) is 24.3 Å². The quantitative estimate of drug-likeness (QED) is 0.779. The molecule has 0 spiro atoms. The molecule has 1 aromatic carbocycles. The van der Waals surface area contributed by atoms with E-state index < -0.39 is 0 Å². The Morgan fingerprint density at radius 2 is 2.10 bits per heavy atom. The lowest BCUT2D eigenvalue weighted by atomic mass is 10.3. The maximum atomic E-state index is 11.1. The maximum Gasteiger partial charge on any atom is 0.249 e. The van der Waals surface area contributed by atoms with Crippen molar-refractivity contribution in [3.05, 3.63) is 30.5 Å². The number of aromatic nitrogens is 3. The second-order valence-corrected chi connectivity index (χ2v) is 4.97. The number of carbonyl (C=O) groups is 1. The van der Waals surface area contributed by atoms with E-state index in [1.54, 1.807) is 6.20 Å². The second-order valence-electron chi connectivity index (χ2n) is 4.97. The van der Waals surface area contributed by atoms with Crippen molar-refractivity contribution < 1.29 is 4.79 Å². The van der Waals surface area contributed by atoms with E-state index in [9.17, 15) is 4.79 Å². The molecule has 21 heavy (non-hydrogen) atoms. The lowest BCUT2D eigenvalue weighted by Crippen LogP contribution is -2.07. The van der Waals surface area contributed by atoms with Gasteiger partial charge in [0.1, 0.15) is 0 Å². The lowest BCUT2D eigenvalue weighted by Gasteiger charge is -2.08. The molecule has 0 bridgehead atoms. The van der Waals surface area contributed by atoms with Gasteiger partial charge in [-0.15, -0.1) is 5.10 Å². The zero-order chi connectivity index (χ0) is 14.7. The average molecular weight is 284 g/mol. The molecular formula is C14H16N6O. The summed E-state index contributed by atoms with van der Waals surface area (Å²) in [7, 11) is 0. The van der Waals surface area contributed by atoms with Crippen LogP contribution in [0.3, 0.4) is 0 Å². The molecule has 0 unspecified atom stereocenters. The molecule has 1 heterocycles. The molecule has 1 aliphatic rings. The number of carbonyl (C=O) groups excluding carboxylic acids is 1. The van der Waals surface area contributed by atoms with Crippen LogP contribution in [0.1, 0.15) is 19.8 Å². The minimum absolute atomic E-state index is 0.110. The third-order valence-electron chi connectivity index (χ3n) is 2.93. The second kappa shape index (κ2) is 5.74. The summed E-state index contributed by atoms with van der Waals surface area (Å²) in [5, 5.41) is 17.0. The largest absolute Gasteiger partial charge is 0.366 e. The van der Waals surface area contributed by atoms with E-state index in [4.69, 9.17) is 0 Å². The normalized spacial score (nSPS) is 13.6. The highest BCUT2D eigenvalue weighted by Gasteiger charge is 2.21. The van der Waals surface area contributed by atoms with Gasteiger partial charge in [0.05, 0.1) is 6.20 Å². The van der Waals surface area contributed by atoms with Crippen LogP contribution in [0.15, 0.2) is 30.5 Å². The Morgan fingerprint density at radius 1 is 1.29 bits per heavy atom. The predicted molar refractivity (Wildman–Crippen MR) is 80.5 cm³/mol. The van der Waals surface area contributed by atoms with E-state index in [1.807, 2.05) is 24.3 Å². The molecule has 7 nitrogen and oxygen atoms in total. The van der Waals surface area contributed by atoms with Crippen LogP contribution in [0.2, 0.25) is 0 Å². The molecule has 1 aliphatic carbocycles. The Kier molecular flexibility index (Phi) is 3.63. The first-order valence-corrected chi connectivity index (χ1v) is 6.80. The third-order valence-corrected chi connectivity index (χ3v) is 2.93. The van der Waals surface area contributed by atoms with Crippen LogP contribution in [0.5, 0.6) is 0 Å². The molecule has 7 heteroatoms. The predicted octanol–water partition coefficient (Wildman–Crippen LogP) is 2.15. The number of hydrogen-bond donors (Lipinski definition) is 3. The maximum absolute atomic E-state index is 11.1. The van der Waals surface area contributed by atoms with E-state index in [0.29, 0.717) is 23.5 Å². The summed E-state index contributed by atoms with van der Waals surface area (Å²) in [5.41, 5.74) is 1.50. The smallest absolute Gasteiger partial charge is 0.249 e. The molecular weight excluding hydrogens is 268 g/mol. The molecule has 0 atom stereocenters. The van der Waals surface area contributed by atoms with Crippen LogP contribution < -0.4 is 16.0 Å². The molecule has 2 aromatic rings. The first kappa shape index (κ1) is 13.3. The number of anilines is 4. The van der Waals surface area contributed by atoms with Gasteiger partial charge in [0.15, 0.2) is 5.82 Å². The van der Waals surface area contributed by atoms with Gasteiger partial charge in [-0.05, 0) is 31.0 Å². The number of nitrogens with zero attached hydrogens (tertiary/aromatic N) is 3. The van der Waals surface area contributed by atoms with Crippen LogP contribution in [0, 0.1) is 0 Å². The first-order chi connectivity index (χ1) is 10.2. The minimum atomic E-state index is -0.110. The van der Waals surface area contributed by atoms with E-state index in [0.717, 1.165) is 5.69 Å². The number of rotatable bonds is 5. The third kappa shape index (κ3) is 3.88. The van der Waals surface area contributed by atoms with Crippen molar-refractivity contribution in [1.29, 1.82) is 0 Å². The highest BCUT2D eigenvalue weighted by Crippen LogP contribution is 2.24. The number of hydrogen-bond acceptors (Lipinski definition) is 6. The fourth-order valence-electron chi connectivity index (χ4n) is 1.87. The molecule has 1 saturated carbocycles. The van der Waals surface area contributed by atoms with Gasteiger partial charge >= 0.3 is 0 Å². The van der Waals surface area contributed by atoms with Crippen LogP contribution in [-0.2, 0) is 4.79 Å². The summed E-state index contributed by atoms with van der Waals surface area (Å²) in [6.45, 7) is 1.47. The summed E-state index contributed by atoms with van der Waals surface area (Å²) in [6.07, 6.45) is 3.95. The van der Waals surface area contributed by atoms with Crippen LogP contribution in [0.25, 0.3) is 0 Å². The standard InChI is InChI=1S/C14H16N6O/c1-9(21)16-11-3-2-4-12(7-11)18-14-19-13(8-15-20-14)17-10-5-6-10/h2-4,7-8,10H,5-6H2,1H3,(H,16,21)(H2,17,18,19,20). The Hall–Kier alpha value is -2.70. The van der Waals surface area contributed by atoms with Crippen molar-refractivity contribution in [3.63, 3.8) is 0 Å². The Morgan fingerprint density at radius 3 is 2.86 bits per heavy atom. The van der Waals surface area contributed by atoms with Crippen molar-refractivity contribution in [1.82, 2.24) is 15.2 Å². The average Bonchev–Trinajstić information content (AvgIpc) is 3.22.